The van der Waals surface area contributed by atoms with Crippen molar-refractivity contribution in [3.05, 3.63) is 70.5 Å². The molecule has 0 fully saturated rings. The van der Waals surface area contributed by atoms with Crippen LogP contribution in [-0.4, -0.2) is 0 Å². The van der Waals surface area contributed by atoms with Crippen LogP contribution in [0, 0.1) is 28.5 Å². The zero-order valence-electron chi connectivity index (χ0n) is 11.6. The Bertz CT molecular complexity index is 708. The Morgan fingerprint density at radius 2 is 1.81 bits per heavy atom. The van der Waals surface area contributed by atoms with Crippen LogP contribution in [0.5, 0.6) is 0 Å². The van der Waals surface area contributed by atoms with Gasteiger partial charge in [0.05, 0.1) is 23.3 Å². The zero-order valence-corrected chi connectivity index (χ0v) is 11.6. The van der Waals surface area contributed by atoms with Crippen LogP contribution in [0.2, 0.25) is 0 Å². The molecular weight excluding hydrogens is 265 g/mol. The molecule has 104 valence electrons. The summed E-state index contributed by atoms with van der Waals surface area (Å²) in [5.41, 5.74) is 2.75. The van der Waals surface area contributed by atoms with Gasteiger partial charge in [-0.1, -0.05) is 12.1 Å². The van der Waals surface area contributed by atoms with Crippen molar-refractivity contribution >= 4 is 0 Å². The van der Waals surface area contributed by atoms with Gasteiger partial charge < -0.3 is 5.32 Å². The largest absolute Gasteiger partial charge is 0.306 e. The van der Waals surface area contributed by atoms with Crippen LogP contribution in [0.15, 0.2) is 42.5 Å². The molecule has 0 heterocycles. The minimum absolute atomic E-state index is 0.0348. The highest BCUT2D eigenvalue weighted by molar-refractivity contribution is 5.38. The number of rotatable bonds is 4. The van der Waals surface area contributed by atoms with E-state index in [0.29, 0.717) is 23.2 Å². The number of halogens is 1. The fraction of sp³-hybridized carbons (Fsp3) is 0.176. The standard InChI is InChI=1S/C17H14FN3/c1-12(14-4-2-13(9-19)3-5-14)21-11-16-8-17(18)7-6-15(16)10-20/h2-8,12,21H,11H2,1H3. The highest BCUT2D eigenvalue weighted by Crippen LogP contribution is 2.16. The minimum atomic E-state index is -0.350. The molecule has 0 aromatic heterocycles. The number of benzene rings is 2. The summed E-state index contributed by atoms with van der Waals surface area (Å²) in [6, 6.07) is 15.6. The van der Waals surface area contributed by atoms with Crippen LogP contribution in [0.25, 0.3) is 0 Å². The van der Waals surface area contributed by atoms with Gasteiger partial charge in [0.15, 0.2) is 0 Å². The average Bonchev–Trinajstić information content (AvgIpc) is 2.52. The van der Waals surface area contributed by atoms with Crippen molar-refractivity contribution in [2.75, 3.05) is 0 Å². The van der Waals surface area contributed by atoms with Gasteiger partial charge in [0.2, 0.25) is 0 Å². The van der Waals surface area contributed by atoms with Gasteiger partial charge in [0, 0.05) is 12.6 Å². The van der Waals surface area contributed by atoms with E-state index in [9.17, 15) is 4.39 Å². The molecule has 0 amide bonds. The molecule has 0 saturated carbocycles. The van der Waals surface area contributed by atoms with Crippen molar-refractivity contribution in [1.29, 1.82) is 10.5 Å². The molecule has 0 saturated heterocycles. The lowest BCUT2D eigenvalue weighted by molar-refractivity contribution is 0.568. The average molecular weight is 279 g/mol. The highest BCUT2D eigenvalue weighted by atomic mass is 19.1. The first kappa shape index (κ1) is 14.7. The van der Waals surface area contributed by atoms with E-state index in [1.807, 2.05) is 19.1 Å². The van der Waals surface area contributed by atoms with Gasteiger partial charge in [-0.15, -0.1) is 0 Å². The van der Waals surface area contributed by atoms with Crippen molar-refractivity contribution in [3.63, 3.8) is 0 Å². The molecule has 0 aliphatic carbocycles. The summed E-state index contributed by atoms with van der Waals surface area (Å²) < 4.78 is 13.2. The molecule has 1 atom stereocenters. The molecule has 0 aliphatic heterocycles. The van der Waals surface area contributed by atoms with Crippen LogP contribution in [0.1, 0.15) is 35.2 Å². The van der Waals surface area contributed by atoms with Gasteiger partial charge in [0.25, 0.3) is 0 Å². The molecule has 3 nitrogen and oxygen atoms in total. The van der Waals surface area contributed by atoms with Crippen LogP contribution in [-0.2, 0) is 6.54 Å². The van der Waals surface area contributed by atoms with E-state index in [2.05, 4.69) is 17.5 Å². The summed E-state index contributed by atoms with van der Waals surface area (Å²) in [5.74, 6) is -0.350. The van der Waals surface area contributed by atoms with Crippen LogP contribution in [0.3, 0.4) is 0 Å². The Hall–Kier alpha value is -2.69. The summed E-state index contributed by atoms with van der Waals surface area (Å²) in [6.45, 7) is 2.38. The van der Waals surface area contributed by atoms with Crippen LogP contribution >= 0.6 is 0 Å². The maximum absolute atomic E-state index is 13.2. The second-order valence-electron chi connectivity index (χ2n) is 4.75. The van der Waals surface area contributed by atoms with Gasteiger partial charge in [0.1, 0.15) is 5.82 Å². The maximum atomic E-state index is 13.2. The summed E-state index contributed by atoms with van der Waals surface area (Å²) in [5, 5.41) is 21.0. The highest BCUT2D eigenvalue weighted by Gasteiger charge is 2.08. The predicted octanol–water partition coefficient (Wildman–Crippen LogP) is 3.42. The van der Waals surface area contributed by atoms with E-state index in [1.165, 1.54) is 18.2 Å². The molecule has 21 heavy (non-hydrogen) atoms. The number of hydrogen-bond donors (Lipinski definition) is 1. The monoisotopic (exact) mass is 279 g/mol. The molecule has 2 aromatic rings. The van der Waals surface area contributed by atoms with E-state index in [1.54, 1.807) is 12.1 Å². The predicted molar refractivity (Wildman–Crippen MR) is 77.5 cm³/mol. The second-order valence-corrected chi connectivity index (χ2v) is 4.75. The van der Waals surface area contributed by atoms with Gasteiger partial charge in [-0.25, -0.2) is 4.39 Å². The summed E-state index contributed by atoms with van der Waals surface area (Å²) in [6.07, 6.45) is 0. The van der Waals surface area contributed by atoms with Crippen molar-refractivity contribution in [2.24, 2.45) is 0 Å². The third-order valence-electron chi connectivity index (χ3n) is 3.33. The van der Waals surface area contributed by atoms with Crippen molar-refractivity contribution in [1.82, 2.24) is 5.32 Å². The molecule has 2 rings (SSSR count). The fourth-order valence-corrected chi connectivity index (χ4v) is 2.04. The maximum Gasteiger partial charge on any atom is 0.123 e. The van der Waals surface area contributed by atoms with Gasteiger partial charge in [-0.3, -0.25) is 0 Å². The number of nitrogens with one attached hydrogen (secondary N) is 1. The Kier molecular flexibility index (Phi) is 4.66. The number of nitrogens with zero attached hydrogens (tertiary/aromatic N) is 2. The third kappa shape index (κ3) is 3.66. The molecule has 1 unspecified atom stereocenters. The summed E-state index contributed by atoms with van der Waals surface area (Å²) in [7, 11) is 0. The first-order chi connectivity index (χ1) is 10.1. The molecule has 0 bridgehead atoms. The van der Waals surface area contributed by atoms with E-state index in [4.69, 9.17) is 10.5 Å². The second kappa shape index (κ2) is 6.65. The molecule has 1 N–H and O–H groups in total. The number of hydrogen-bond acceptors (Lipinski definition) is 3. The Morgan fingerprint density at radius 3 is 2.43 bits per heavy atom. The van der Waals surface area contributed by atoms with Gasteiger partial charge >= 0.3 is 0 Å². The molecule has 2 aromatic carbocycles. The topological polar surface area (TPSA) is 59.6 Å². The van der Waals surface area contributed by atoms with Gasteiger partial charge in [-0.2, -0.15) is 10.5 Å². The minimum Gasteiger partial charge on any atom is -0.306 e. The molecule has 0 aliphatic rings. The lowest BCUT2D eigenvalue weighted by Crippen LogP contribution is -2.18. The fourth-order valence-electron chi connectivity index (χ4n) is 2.04. The molecule has 4 heteroatoms. The summed E-state index contributed by atoms with van der Waals surface area (Å²) >= 11 is 0. The third-order valence-corrected chi connectivity index (χ3v) is 3.33. The smallest absolute Gasteiger partial charge is 0.123 e. The van der Waals surface area contributed by atoms with Crippen molar-refractivity contribution in [3.8, 4) is 12.1 Å². The lowest BCUT2D eigenvalue weighted by Gasteiger charge is -2.15. The van der Waals surface area contributed by atoms with E-state index < -0.39 is 0 Å². The quantitative estimate of drug-likeness (QED) is 0.932. The molecule has 0 spiro atoms. The Morgan fingerprint density at radius 1 is 1.10 bits per heavy atom. The van der Waals surface area contributed by atoms with E-state index in [-0.39, 0.29) is 11.9 Å². The SMILES string of the molecule is CC(NCc1cc(F)ccc1C#N)c1ccc(C#N)cc1. The van der Waals surface area contributed by atoms with Crippen molar-refractivity contribution < 1.29 is 4.39 Å². The van der Waals surface area contributed by atoms with Crippen LogP contribution < -0.4 is 5.32 Å². The molecular formula is C17H14FN3. The van der Waals surface area contributed by atoms with E-state index in [0.717, 1.165) is 5.56 Å². The lowest BCUT2D eigenvalue weighted by atomic mass is 10.0. The molecule has 0 radical (unpaired) electrons. The zero-order chi connectivity index (χ0) is 15.2. The van der Waals surface area contributed by atoms with Crippen molar-refractivity contribution in [2.45, 2.75) is 19.5 Å². The summed E-state index contributed by atoms with van der Waals surface area (Å²) in [4.78, 5) is 0. The Labute approximate surface area is 123 Å². The first-order valence-corrected chi connectivity index (χ1v) is 6.56. The Balaban J connectivity index is 2.07. The normalized spacial score (nSPS) is 11.4. The van der Waals surface area contributed by atoms with Gasteiger partial charge in [-0.05, 0) is 48.4 Å². The number of nitriles is 2. The van der Waals surface area contributed by atoms with E-state index >= 15 is 0 Å². The van der Waals surface area contributed by atoms with Crippen LogP contribution in [0.4, 0.5) is 4.39 Å². The first-order valence-electron chi connectivity index (χ1n) is 6.56.